The maximum atomic E-state index is 6.26. The molecule has 2 aromatic carbocycles. The summed E-state index contributed by atoms with van der Waals surface area (Å²) < 4.78 is 0. The van der Waals surface area contributed by atoms with Gasteiger partial charge in [-0.05, 0) is 36.8 Å². The van der Waals surface area contributed by atoms with Crippen LogP contribution in [0, 0.1) is 0 Å². The number of nitrogen functional groups attached to an aromatic ring is 1. The van der Waals surface area contributed by atoms with E-state index in [9.17, 15) is 0 Å². The Labute approximate surface area is 130 Å². The van der Waals surface area contributed by atoms with Crippen LogP contribution in [0.25, 0.3) is 0 Å². The minimum atomic E-state index is 0.676. The zero-order chi connectivity index (χ0) is 14.5. The molecule has 0 amide bonds. The lowest BCUT2D eigenvalue weighted by atomic mass is 10.1. The van der Waals surface area contributed by atoms with Crippen LogP contribution in [0.2, 0.25) is 10.0 Å². The largest absolute Gasteiger partial charge is 0.399 e. The molecular formula is C16H18Cl2N2. The van der Waals surface area contributed by atoms with E-state index in [1.54, 1.807) is 0 Å². The fourth-order valence-corrected chi connectivity index (χ4v) is 2.68. The number of hydrogen-bond acceptors (Lipinski definition) is 2. The van der Waals surface area contributed by atoms with Gasteiger partial charge in [-0.15, -0.1) is 0 Å². The Balaban J connectivity index is 2.30. The topological polar surface area (TPSA) is 29.3 Å². The third kappa shape index (κ3) is 3.59. The van der Waals surface area contributed by atoms with Crippen molar-refractivity contribution in [2.75, 3.05) is 17.2 Å². The summed E-state index contributed by atoms with van der Waals surface area (Å²) in [6.07, 6.45) is 1.04. The van der Waals surface area contributed by atoms with E-state index in [0.29, 0.717) is 16.6 Å². The number of benzene rings is 2. The summed E-state index contributed by atoms with van der Waals surface area (Å²) in [7, 11) is 0. The van der Waals surface area contributed by atoms with Crippen LogP contribution >= 0.6 is 23.2 Å². The highest BCUT2D eigenvalue weighted by molar-refractivity contribution is 6.36. The van der Waals surface area contributed by atoms with E-state index in [1.165, 1.54) is 0 Å². The van der Waals surface area contributed by atoms with Crippen molar-refractivity contribution in [2.24, 2.45) is 0 Å². The lowest BCUT2D eigenvalue weighted by molar-refractivity contribution is 0.768. The van der Waals surface area contributed by atoms with Crippen molar-refractivity contribution in [2.45, 2.75) is 19.9 Å². The average Bonchev–Trinajstić information content (AvgIpc) is 2.42. The first-order chi connectivity index (χ1) is 9.61. The second-order valence-electron chi connectivity index (χ2n) is 4.72. The molecule has 0 saturated carbocycles. The summed E-state index contributed by atoms with van der Waals surface area (Å²) in [5.41, 5.74) is 8.66. The molecule has 0 aromatic heterocycles. The number of rotatable bonds is 5. The molecule has 0 heterocycles. The molecule has 0 radical (unpaired) electrons. The molecule has 0 bridgehead atoms. The van der Waals surface area contributed by atoms with Crippen molar-refractivity contribution < 1.29 is 0 Å². The second-order valence-corrected chi connectivity index (χ2v) is 5.53. The molecule has 0 aliphatic rings. The summed E-state index contributed by atoms with van der Waals surface area (Å²) in [5, 5.41) is 1.39. The molecular weight excluding hydrogens is 291 g/mol. The lowest BCUT2D eigenvalue weighted by Gasteiger charge is -2.25. The van der Waals surface area contributed by atoms with Gasteiger partial charge in [0.2, 0.25) is 0 Å². The quantitative estimate of drug-likeness (QED) is 0.788. The summed E-state index contributed by atoms with van der Waals surface area (Å²) in [6.45, 7) is 3.74. The van der Waals surface area contributed by atoms with Crippen molar-refractivity contribution in [3.8, 4) is 0 Å². The van der Waals surface area contributed by atoms with Crippen molar-refractivity contribution in [3.63, 3.8) is 0 Å². The molecule has 0 aliphatic carbocycles. The molecule has 0 saturated heterocycles. The van der Waals surface area contributed by atoms with Gasteiger partial charge in [0.05, 0.1) is 0 Å². The number of halogens is 2. The third-order valence-corrected chi connectivity index (χ3v) is 3.85. The Bertz CT molecular complexity index is 564. The van der Waals surface area contributed by atoms with Crippen molar-refractivity contribution >= 4 is 34.6 Å². The number of anilines is 2. The van der Waals surface area contributed by atoms with E-state index in [-0.39, 0.29) is 0 Å². The second kappa shape index (κ2) is 6.87. The Kier molecular flexibility index (Phi) is 5.16. The first-order valence-electron chi connectivity index (χ1n) is 6.65. The normalized spacial score (nSPS) is 10.6. The predicted octanol–water partition coefficient (Wildman–Crippen LogP) is 4.99. The molecule has 0 spiro atoms. The molecule has 0 atom stereocenters. The highest BCUT2D eigenvalue weighted by Crippen LogP contribution is 2.28. The molecule has 2 nitrogen and oxygen atoms in total. The van der Waals surface area contributed by atoms with Crippen LogP contribution in [0.4, 0.5) is 11.4 Å². The van der Waals surface area contributed by atoms with Crippen LogP contribution in [-0.4, -0.2) is 6.54 Å². The zero-order valence-corrected chi connectivity index (χ0v) is 13.0. The Morgan fingerprint density at radius 1 is 1.05 bits per heavy atom. The van der Waals surface area contributed by atoms with Crippen molar-refractivity contribution in [1.29, 1.82) is 0 Å². The minimum absolute atomic E-state index is 0.676. The number of hydrogen-bond donors (Lipinski definition) is 1. The van der Waals surface area contributed by atoms with Crippen molar-refractivity contribution in [1.82, 2.24) is 0 Å². The maximum Gasteiger partial charge on any atom is 0.0470 e. The summed E-state index contributed by atoms with van der Waals surface area (Å²) in [4.78, 5) is 2.24. The van der Waals surface area contributed by atoms with E-state index in [4.69, 9.17) is 28.9 Å². The molecule has 20 heavy (non-hydrogen) atoms. The summed E-state index contributed by atoms with van der Waals surface area (Å²) >= 11 is 12.5. The fraction of sp³-hybridized carbons (Fsp3) is 0.250. The van der Waals surface area contributed by atoms with Crippen LogP contribution in [0.15, 0.2) is 42.5 Å². The number of nitrogens with zero attached hydrogens (tertiary/aromatic N) is 1. The van der Waals surface area contributed by atoms with E-state index < -0.39 is 0 Å². The van der Waals surface area contributed by atoms with Crippen LogP contribution in [-0.2, 0) is 6.54 Å². The Hall–Kier alpha value is -1.38. The monoisotopic (exact) mass is 308 g/mol. The molecule has 0 fully saturated rings. The highest BCUT2D eigenvalue weighted by atomic mass is 35.5. The minimum Gasteiger partial charge on any atom is -0.399 e. The van der Waals surface area contributed by atoms with Crippen LogP contribution in [0.1, 0.15) is 18.9 Å². The van der Waals surface area contributed by atoms with E-state index in [2.05, 4.69) is 17.9 Å². The van der Waals surface area contributed by atoms with Gasteiger partial charge < -0.3 is 10.6 Å². The molecule has 0 aliphatic heterocycles. The predicted molar refractivity (Wildman–Crippen MR) is 88.7 cm³/mol. The van der Waals surface area contributed by atoms with Crippen molar-refractivity contribution in [3.05, 3.63) is 58.1 Å². The van der Waals surface area contributed by atoms with E-state index in [0.717, 1.165) is 29.9 Å². The summed E-state index contributed by atoms with van der Waals surface area (Å²) in [6, 6.07) is 13.5. The van der Waals surface area contributed by atoms with Gasteiger partial charge in [0.15, 0.2) is 0 Å². The fourth-order valence-electron chi connectivity index (χ4n) is 2.17. The van der Waals surface area contributed by atoms with Crippen LogP contribution in [0.3, 0.4) is 0 Å². The Morgan fingerprint density at radius 3 is 2.30 bits per heavy atom. The first-order valence-corrected chi connectivity index (χ1v) is 7.40. The first kappa shape index (κ1) is 15.0. The van der Waals surface area contributed by atoms with Crippen LogP contribution in [0.5, 0.6) is 0 Å². The van der Waals surface area contributed by atoms with Gasteiger partial charge in [-0.25, -0.2) is 0 Å². The maximum absolute atomic E-state index is 6.26. The molecule has 0 unspecified atom stereocenters. The smallest absolute Gasteiger partial charge is 0.0470 e. The van der Waals surface area contributed by atoms with Gasteiger partial charge in [-0.2, -0.15) is 0 Å². The number of nitrogens with two attached hydrogens (primary N) is 1. The molecule has 2 aromatic rings. The van der Waals surface area contributed by atoms with Gasteiger partial charge in [0, 0.05) is 40.1 Å². The van der Waals surface area contributed by atoms with E-state index >= 15 is 0 Å². The van der Waals surface area contributed by atoms with Gasteiger partial charge in [0.1, 0.15) is 0 Å². The molecule has 2 N–H and O–H groups in total. The molecule has 106 valence electrons. The standard InChI is InChI=1S/C16H18Cl2N2/c1-2-9-20(13-6-3-5-12(19)10-13)11-14-15(17)7-4-8-16(14)18/h3-8,10H,2,9,11,19H2,1H3. The molecule has 4 heteroatoms. The van der Waals surface area contributed by atoms with Gasteiger partial charge in [-0.1, -0.05) is 42.3 Å². The lowest BCUT2D eigenvalue weighted by Crippen LogP contribution is -2.23. The average molecular weight is 309 g/mol. The van der Waals surface area contributed by atoms with Crippen LogP contribution < -0.4 is 10.6 Å². The van der Waals surface area contributed by atoms with E-state index in [1.807, 2.05) is 36.4 Å². The SMILES string of the molecule is CCCN(Cc1c(Cl)cccc1Cl)c1cccc(N)c1. The Morgan fingerprint density at radius 2 is 1.70 bits per heavy atom. The third-order valence-electron chi connectivity index (χ3n) is 3.14. The zero-order valence-electron chi connectivity index (χ0n) is 11.4. The van der Waals surface area contributed by atoms with Gasteiger partial charge >= 0.3 is 0 Å². The highest BCUT2D eigenvalue weighted by Gasteiger charge is 2.12. The van der Waals surface area contributed by atoms with Gasteiger partial charge in [0.25, 0.3) is 0 Å². The summed E-state index contributed by atoms with van der Waals surface area (Å²) in [5.74, 6) is 0. The van der Waals surface area contributed by atoms with Gasteiger partial charge in [-0.3, -0.25) is 0 Å². The molecule has 2 rings (SSSR count).